The summed E-state index contributed by atoms with van der Waals surface area (Å²) in [5, 5.41) is 17.8. The number of ether oxygens (including phenoxy) is 1. The van der Waals surface area contributed by atoms with Gasteiger partial charge in [-0.05, 0) is 17.7 Å². The molecule has 0 aliphatic carbocycles. The highest BCUT2D eigenvalue weighted by Gasteiger charge is 2.11. The van der Waals surface area contributed by atoms with Crippen molar-refractivity contribution in [1.82, 2.24) is 15.0 Å². The van der Waals surface area contributed by atoms with Crippen LogP contribution in [0.5, 0.6) is 0 Å². The smallest absolute Gasteiger partial charge is 0.114 e. The second-order valence-electron chi connectivity index (χ2n) is 3.86. The van der Waals surface area contributed by atoms with Gasteiger partial charge < -0.3 is 9.84 Å². The zero-order valence-electron chi connectivity index (χ0n) is 10.0. The molecule has 1 aromatic carbocycles. The maximum atomic E-state index is 9.17. The summed E-state index contributed by atoms with van der Waals surface area (Å²) >= 11 is 5.83. The first-order valence-corrected chi connectivity index (χ1v) is 5.88. The number of aliphatic hydroxyl groups is 1. The average Bonchev–Trinajstić information content (AvgIpc) is 2.75. The Balaban J connectivity index is 2.22. The zero-order valence-corrected chi connectivity index (χ0v) is 10.8. The number of benzene rings is 1. The molecule has 0 fully saturated rings. The molecule has 1 N–H and O–H groups in total. The van der Waals surface area contributed by atoms with E-state index in [0.29, 0.717) is 23.9 Å². The van der Waals surface area contributed by atoms with Gasteiger partial charge in [-0.2, -0.15) is 0 Å². The molecule has 1 heterocycles. The minimum atomic E-state index is -0.140. The second kappa shape index (κ2) is 5.95. The number of halogens is 1. The summed E-state index contributed by atoms with van der Waals surface area (Å²) in [4.78, 5) is 0. The fourth-order valence-electron chi connectivity index (χ4n) is 1.68. The summed E-state index contributed by atoms with van der Waals surface area (Å²) in [5.74, 6) is 0. The number of hydrogen-bond donors (Lipinski definition) is 1. The molecule has 0 unspecified atom stereocenters. The van der Waals surface area contributed by atoms with Gasteiger partial charge >= 0.3 is 0 Å². The molecule has 0 atom stereocenters. The summed E-state index contributed by atoms with van der Waals surface area (Å²) in [6, 6.07) is 7.52. The third-order valence-electron chi connectivity index (χ3n) is 2.59. The SMILES string of the molecule is COCc1c(CO)nnn1Cc1ccc(Cl)cc1. The highest BCUT2D eigenvalue weighted by atomic mass is 35.5. The molecule has 18 heavy (non-hydrogen) atoms. The van der Waals surface area contributed by atoms with Crippen molar-refractivity contribution < 1.29 is 9.84 Å². The van der Waals surface area contributed by atoms with Crippen LogP contribution in [0.1, 0.15) is 17.0 Å². The topological polar surface area (TPSA) is 60.2 Å². The molecule has 0 spiro atoms. The second-order valence-corrected chi connectivity index (χ2v) is 4.29. The van der Waals surface area contributed by atoms with Crippen LogP contribution in [0.4, 0.5) is 0 Å². The van der Waals surface area contributed by atoms with Crippen LogP contribution in [0.15, 0.2) is 24.3 Å². The molecule has 2 rings (SSSR count). The summed E-state index contributed by atoms with van der Waals surface area (Å²) < 4.78 is 6.81. The monoisotopic (exact) mass is 267 g/mol. The molecule has 0 bridgehead atoms. The standard InChI is InChI=1S/C12H14ClN3O2/c1-18-8-12-11(7-17)14-15-16(12)6-9-2-4-10(13)5-3-9/h2-5,17H,6-8H2,1H3. The van der Waals surface area contributed by atoms with E-state index >= 15 is 0 Å². The Bertz CT molecular complexity index is 511. The predicted octanol–water partition coefficient (Wildman–Crippen LogP) is 1.62. The van der Waals surface area contributed by atoms with Crippen molar-refractivity contribution in [2.45, 2.75) is 19.8 Å². The van der Waals surface area contributed by atoms with Crippen LogP contribution in [0.2, 0.25) is 5.02 Å². The number of rotatable bonds is 5. The molecule has 0 amide bonds. The molecule has 0 aliphatic heterocycles. The third kappa shape index (κ3) is 2.87. The highest BCUT2D eigenvalue weighted by molar-refractivity contribution is 6.30. The lowest BCUT2D eigenvalue weighted by atomic mass is 10.2. The Morgan fingerprint density at radius 1 is 1.33 bits per heavy atom. The molecule has 0 radical (unpaired) electrons. The minimum Gasteiger partial charge on any atom is -0.390 e. The summed E-state index contributed by atoms with van der Waals surface area (Å²) in [6.07, 6.45) is 0. The molecule has 0 saturated heterocycles. The van der Waals surface area contributed by atoms with E-state index in [-0.39, 0.29) is 6.61 Å². The largest absolute Gasteiger partial charge is 0.390 e. The third-order valence-corrected chi connectivity index (χ3v) is 2.85. The number of methoxy groups -OCH3 is 1. The van der Waals surface area contributed by atoms with Crippen LogP contribution >= 0.6 is 11.6 Å². The number of nitrogens with zero attached hydrogens (tertiary/aromatic N) is 3. The molecular weight excluding hydrogens is 254 g/mol. The van der Waals surface area contributed by atoms with Gasteiger partial charge in [0.05, 0.1) is 25.5 Å². The Labute approximate surface area is 110 Å². The highest BCUT2D eigenvalue weighted by Crippen LogP contribution is 2.13. The van der Waals surface area contributed by atoms with Gasteiger partial charge in [-0.3, -0.25) is 0 Å². The van der Waals surface area contributed by atoms with E-state index in [9.17, 15) is 5.11 Å². The van der Waals surface area contributed by atoms with Gasteiger partial charge in [-0.1, -0.05) is 28.9 Å². The normalized spacial score (nSPS) is 10.8. The fourth-order valence-corrected chi connectivity index (χ4v) is 1.80. The van der Waals surface area contributed by atoms with Crippen molar-refractivity contribution in [3.05, 3.63) is 46.2 Å². The Morgan fingerprint density at radius 3 is 2.67 bits per heavy atom. The van der Waals surface area contributed by atoms with Gasteiger partial charge in [0.1, 0.15) is 5.69 Å². The summed E-state index contributed by atoms with van der Waals surface area (Å²) in [7, 11) is 1.60. The molecule has 0 saturated carbocycles. The predicted molar refractivity (Wildman–Crippen MR) is 67.2 cm³/mol. The van der Waals surface area contributed by atoms with Crippen LogP contribution in [0.3, 0.4) is 0 Å². The molecule has 96 valence electrons. The van der Waals surface area contributed by atoms with E-state index in [1.54, 1.807) is 11.8 Å². The van der Waals surface area contributed by atoms with Crippen molar-refractivity contribution >= 4 is 11.6 Å². The van der Waals surface area contributed by atoms with Crippen molar-refractivity contribution in [3.8, 4) is 0 Å². The van der Waals surface area contributed by atoms with E-state index in [2.05, 4.69) is 10.3 Å². The van der Waals surface area contributed by atoms with E-state index in [0.717, 1.165) is 11.3 Å². The lowest BCUT2D eigenvalue weighted by molar-refractivity contribution is 0.173. The van der Waals surface area contributed by atoms with E-state index < -0.39 is 0 Å². The fraction of sp³-hybridized carbons (Fsp3) is 0.333. The van der Waals surface area contributed by atoms with Crippen LogP contribution in [-0.4, -0.2) is 27.2 Å². The first kappa shape index (κ1) is 13.0. The Kier molecular flexibility index (Phi) is 4.30. The van der Waals surface area contributed by atoms with Crippen molar-refractivity contribution in [2.75, 3.05) is 7.11 Å². The number of aromatic nitrogens is 3. The number of hydrogen-bond acceptors (Lipinski definition) is 4. The van der Waals surface area contributed by atoms with Gasteiger partial charge in [-0.25, -0.2) is 4.68 Å². The van der Waals surface area contributed by atoms with E-state index in [1.165, 1.54) is 0 Å². The molecule has 1 aromatic heterocycles. The maximum Gasteiger partial charge on any atom is 0.114 e. The lowest BCUT2D eigenvalue weighted by Gasteiger charge is -2.07. The number of aliphatic hydroxyl groups excluding tert-OH is 1. The Morgan fingerprint density at radius 2 is 2.06 bits per heavy atom. The van der Waals surface area contributed by atoms with E-state index in [4.69, 9.17) is 16.3 Å². The average molecular weight is 268 g/mol. The quantitative estimate of drug-likeness (QED) is 0.894. The lowest BCUT2D eigenvalue weighted by Crippen LogP contribution is -2.08. The van der Waals surface area contributed by atoms with Crippen LogP contribution in [-0.2, 0) is 24.5 Å². The first-order valence-electron chi connectivity index (χ1n) is 5.50. The minimum absolute atomic E-state index is 0.140. The van der Waals surface area contributed by atoms with Gasteiger partial charge in [-0.15, -0.1) is 5.10 Å². The van der Waals surface area contributed by atoms with Gasteiger partial charge in [0.15, 0.2) is 0 Å². The summed E-state index contributed by atoms with van der Waals surface area (Å²) in [5.41, 5.74) is 2.40. The van der Waals surface area contributed by atoms with Crippen LogP contribution < -0.4 is 0 Å². The van der Waals surface area contributed by atoms with Crippen molar-refractivity contribution in [3.63, 3.8) is 0 Å². The van der Waals surface area contributed by atoms with Gasteiger partial charge in [0.2, 0.25) is 0 Å². The Hall–Kier alpha value is -1.43. The molecule has 2 aromatic rings. The van der Waals surface area contributed by atoms with Crippen molar-refractivity contribution in [2.24, 2.45) is 0 Å². The maximum absolute atomic E-state index is 9.17. The zero-order chi connectivity index (χ0) is 13.0. The molecule has 6 heteroatoms. The molecular formula is C12H14ClN3O2. The van der Waals surface area contributed by atoms with Gasteiger partial charge in [0, 0.05) is 12.1 Å². The van der Waals surface area contributed by atoms with Crippen molar-refractivity contribution in [1.29, 1.82) is 0 Å². The first-order chi connectivity index (χ1) is 8.74. The van der Waals surface area contributed by atoms with Crippen LogP contribution in [0.25, 0.3) is 0 Å². The molecule has 0 aliphatic rings. The summed E-state index contributed by atoms with van der Waals surface area (Å²) in [6.45, 7) is 0.804. The van der Waals surface area contributed by atoms with Gasteiger partial charge in [0.25, 0.3) is 0 Å². The van der Waals surface area contributed by atoms with Crippen LogP contribution in [0, 0.1) is 0 Å². The molecule has 5 nitrogen and oxygen atoms in total. The van der Waals surface area contributed by atoms with E-state index in [1.807, 2.05) is 24.3 Å².